The molecule has 0 saturated heterocycles. The number of benzene rings is 1. The van der Waals surface area contributed by atoms with E-state index in [0.29, 0.717) is 6.54 Å². The Hall–Kier alpha value is -1.62. The summed E-state index contributed by atoms with van der Waals surface area (Å²) >= 11 is 0. The van der Waals surface area contributed by atoms with Crippen LogP contribution in [0.5, 0.6) is 0 Å². The van der Waals surface area contributed by atoms with Crippen LogP contribution in [0.25, 0.3) is 0 Å². The smallest absolute Gasteiger partial charge is 0.106 e. The largest absolute Gasteiger partial charge is 0.291 e. The molecular formula is C10H8N2. The maximum Gasteiger partial charge on any atom is 0.106 e. The molecule has 0 aliphatic carbocycles. The molecule has 1 atom stereocenters. The second kappa shape index (κ2) is 2.78. The molecule has 0 saturated carbocycles. The fourth-order valence-electron chi connectivity index (χ4n) is 1.42. The van der Waals surface area contributed by atoms with E-state index in [1.165, 1.54) is 5.56 Å². The Balaban J connectivity index is 2.51. The molecule has 12 heavy (non-hydrogen) atoms. The van der Waals surface area contributed by atoms with Gasteiger partial charge >= 0.3 is 0 Å². The van der Waals surface area contributed by atoms with Crippen molar-refractivity contribution in [3.8, 4) is 6.07 Å². The van der Waals surface area contributed by atoms with Crippen molar-refractivity contribution in [3.05, 3.63) is 35.4 Å². The first-order valence-corrected chi connectivity index (χ1v) is 3.89. The Kier molecular flexibility index (Phi) is 1.64. The van der Waals surface area contributed by atoms with E-state index in [1.54, 1.807) is 6.21 Å². The normalized spacial score (nSPS) is 19.8. The highest BCUT2D eigenvalue weighted by Gasteiger charge is 2.14. The minimum Gasteiger partial charge on any atom is -0.291 e. The Morgan fingerprint density at radius 2 is 2.25 bits per heavy atom. The molecule has 0 bridgehead atoms. The Labute approximate surface area is 71.2 Å². The van der Waals surface area contributed by atoms with Crippen LogP contribution in [0.1, 0.15) is 17.0 Å². The van der Waals surface area contributed by atoms with Crippen LogP contribution in [0.4, 0.5) is 0 Å². The molecule has 1 heterocycles. The van der Waals surface area contributed by atoms with Gasteiger partial charge in [0, 0.05) is 6.21 Å². The zero-order chi connectivity index (χ0) is 8.39. The summed E-state index contributed by atoms with van der Waals surface area (Å²) in [7, 11) is 0. The van der Waals surface area contributed by atoms with Crippen molar-refractivity contribution in [2.24, 2.45) is 4.99 Å². The van der Waals surface area contributed by atoms with E-state index in [1.807, 2.05) is 24.3 Å². The van der Waals surface area contributed by atoms with Crippen molar-refractivity contribution in [1.82, 2.24) is 0 Å². The van der Waals surface area contributed by atoms with Gasteiger partial charge in [-0.15, -0.1) is 0 Å². The SMILES string of the molecule is N#CC1C=NCc2ccccc21. The third kappa shape index (κ3) is 0.998. The number of hydrogen-bond donors (Lipinski definition) is 0. The summed E-state index contributed by atoms with van der Waals surface area (Å²) in [6.07, 6.45) is 1.72. The lowest BCUT2D eigenvalue weighted by atomic mass is 9.94. The first-order chi connectivity index (χ1) is 5.92. The number of hydrogen-bond acceptors (Lipinski definition) is 2. The summed E-state index contributed by atoms with van der Waals surface area (Å²) in [6.45, 7) is 0.717. The average molecular weight is 156 g/mol. The first-order valence-electron chi connectivity index (χ1n) is 3.89. The molecule has 1 aliphatic rings. The van der Waals surface area contributed by atoms with Crippen molar-refractivity contribution < 1.29 is 0 Å². The van der Waals surface area contributed by atoms with Crippen LogP contribution in [0, 0.1) is 11.3 Å². The minimum absolute atomic E-state index is 0.144. The number of rotatable bonds is 0. The number of fused-ring (bicyclic) bond motifs is 1. The maximum atomic E-state index is 8.80. The molecule has 1 aromatic carbocycles. The average Bonchev–Trinajstić information content (AvgIpc) is 2.17. The molecule has 2 heteroatoms. The monoisotopic (exact) mass is 156 g/mol. The quantitative estimate of drug-likeness (QED) is 0.565. The molecule has 0 radical (unpaired) electrons. The van der Waals surface area contributed by atoms with E-state index in [2.05, 4.69) is 11.1 Å². The van der Waals surface area contributed by atoms with E-state index in [4.69, 9.17) is 5.26 Å². The zero-order valence-corrected chi connectivity index (χ0v) is 6.57. The maximum absolute atomic E-state index is 8.80. The summed E-state index contributed by atoms with van der Waals surface area (Å²) in [5.74, 6) is -0.144. The van der Waals surface area contributed by atoms with Gasteiger partial charge in [-0.05, 0) is 11.1 Å². The first kappa shape index (κ1) is 7.05. The van der Waals surface area contributed by atoms with Gasteiger partial charge in [0.2, 0.25) is 0 Å². The van der Waals surface area contributed by atoms with Crippen molar-refractivity contribution in [2.75, 3.05) is 0 Å². The van der Waals surface area contributed by atoms with Gasteiger partial charge in [0.15, 0.2) is 0 Å². The lowest BCUT2D eigenvalue weighted by molar-refractivity contribution is 0.965. The second-order valence-corrected chi connectivity index (χ2v) is 2.80. The minimum atomic E-state index is -0.144. The molecule has 1 aromatic rings. The van der Waals surface area contributed by atoms with Crippen LogP contribution < -0.4 is 0 Å². The standard InChI is InChI=1S/C10H8N2/c11-5-9-7-12-6-8-3-1-2-4-10(8)9/h1-4,7,9H,6H2. The molecule has 58 valence electrons. The van der Waals surface area contributed by atoms with E-state index in [0.717, 1.165) is 5.56 Å². The highest BCUT2D eigenvalue weighted by molar-refractivity contribution is 5.74. The van der Waals surface area contributed by atoms with Gasteiger partial charge in [-0.2, -0.15) is 5.26 Å². The van der Waals surface area contributed by atoms with Gasteiger partial charge in [0.25, 0.3) is 0 Å². The summed E-state index contributed by atoms with van der Waals surface area (Å²) in [4.78, 5) is 4.12. The lowest BCUT2D eigenvalue weighted by Crippen LogP contribution is -2.06. The molecule has 0 fully saturated rings. The Morgan fingerprint density at radius 1 is 1.42 bits per heavy atom. The number of nitriles is 1. The lowest BCUT2D eigenvalue weighted by Gasteiger charge is -2.13. The predicted molar refractivity (Wildman–Crippen MR) is 47.0 cm³/mol. The predicted octanol–water partition coefficient (Wildman–Crippen LogP) is 1.88. The van der Waals surface area contributed by atoms with Crippen LogP contribution in [0.15, 0.2) is 29.3 Å². The molecule has 1 unspecified atom stereocenters. The van der Waals surface area contributed by atoms with Crippen LogP contribution >= 0.6 is 0 Å². The molecule has 2 nitrogen and oxygen atoms in total. The van der Waals surface area contributed by atoms with Gasteiger partial charge in [0.05, 0.1) is 12.6 Å². The van der Waals surface area contributed by atoms with Crippen LogP contribution in [-0.4, -0.2) is 6.21 Å². The topological polar surface area (TPSA) is 36.1 Å². The second-order valence-electron chi connectivity index (χ2n) is 2.80. The Morgan fingerprint density at radius 3 is 3.08 bits per heavy atom. The van der Waals surface area contributed by atoms with Gasteiger partial charge in [-0.3, -0.25) is 4.99 Å². The summed E-state index contributed by atoms with van der Waals surface area (Å²) in [5.41, 5.74) is 2.28. The fraction of sp³-hybridized carbons (Fsp3) is 0.200. The molecule has 0 aromatic heterocycles. The van der Waals surface area contributed by atoms with Crippen molar-refractivity contribution in [3.63, 3.8) is 0 Å². The van der Waals surface area contributed by atoms with E-state index < -0.39 is 0 Å². The van der Waals surface area contributed by atoms with E-state index >= 15 is 0 Å². The van der Waals surface area contributed by atoms with E-state index in [-0.39, 0.29) is 5.92 Å². The van der Waals surface area contributed by atoms with Crippen LogP contribution in [-0.2, 0) is 6.54 Å². The highest BCUT2D eigenvalue weighted by Crippen LogP contribution is 2.22. The summed E-state index contributed by atoms with van der Waals surface area (Å²) < 4.78 is 0. The molecule has 0 spiro atoms. The molecule has 1 aliphatic heterocycles. The van der Waals surface area contributed by atoms with Crippen LogP contribution in [0.2, 0.25) is 0 Å². The van der Waals surface area contributed by atoms with Gasteiger partial charge < -0.3 is 0 Å². The zero-order valence-electron chi connectivity index (χ0n) is 6.57. The molecular weight excluding hydrogens is 148 g/mol. The summed E-state index contributed by atoms with van der Waals surface area (Å²) in [6, 6.07) is 10.2. The number of aliphatic imine (C=N–C) groups is 1. The molecule has 0 amide bonds. The fourth-order valence-corrected chi connectivity index (χ4v) is 1.42. The van der Waals surface area contributed by atoms with E-state index in [9.17, 15) is 0 Å². The third-order valence-corrected chi connectivity index (χ3v) is 2.05. The van der Waals surface area contributed by atoms with Crippen molar-refractivity contribution in [1.29, 1.82) is 5.26 Å². The van der Waals surface area contributed by atoms with Crippen molar-refractivity contribution in [2.45, 2.75) is 12.5 Å². The van der Waals surface area contributed by atoms with Gasteiger partial charge in [0.1, 0.15) is 5.92 Å². The number of nitrogens with zero attached hydrogens (tertiary/aromatic N) is 2. The van der Waals surface area contributed by atoms with Gasteiger partial charge in [-0.25, -0.2) is 0 Å². The highest BCUT2D eigenvalue weighted by atomic mass is 14.7. The molecule has 0 N–H and O–H groups in total. The molecule has 2 rings (SSSR count). The van der Waals surface area contributed by atoms with Gasteiger partial charge in [-0.1, -0.05) is 24.3 Å². The third-order valence-electron chi connectivity index (χ3n) is 2.05. The van der Waals surface area contributed by atoms with Crippen molar-refractivity contribution >= 4 is 6.21 Å². The Bertz CT molecular complexity index is 360. The van der Waals surface area contributed by atoms with Crippen LogP contribution in [0.3, 0.4) is 0 Å². The summed E-state index contributed by atoms with van der Waals surface area (Å²) in [5, 5.41) is 8.80.